The summed E-state index contributed by atoms with van der Waals surface area (Å²) in [5, 5.41) is 6.70. The lowest BCUT2D eigenvalue weighted by Crippen LogP contribution is -2.38. The highest BCUT2D eigenvalue weighted by atomic mass is 16.5. The van der Waals surface area contributed by atoms with Gasteiger partial charge in [0.05, 0.1) is 24.0 Å². The highest BCUT2D eigenvalue weighted by molar-refractivity contribution is 5.94. The number of nitrogens with zero attached hydrogens (tertiary/aromatic N) is 2. The molecule has 17 heavy (non-hydrogen) atoms. The summed E-state index contributed by atoms with van der Waals surface area (Å²) in [4.78, 5) is 11.8. The Kier molecular flexibility index (Phi) is 3.75. The number of anilines is 1. The summed E-state index contributed by atoms with van der Waals surface area (Å²) >= 11 is 0. The van der Waals surface area contributed by atoms with Gasteiger partial charge in [-0.05, 0) is 19.3 Å². The second-order valence-electron chi connectivity index (χ2n) is 4.37. The Labute approximate surface area is 100 Å². The van der Waals surface area contributed by atoms with E-state index in [1.807, 2.05) is 0 Å². The van der Waals surface area contributed by atoms with Crippen LogP contribution in [0.4, 0.5) is 5.69 Å². The van der Waals surface area contributed by atoms with Crippen LogP contribution in [0.25, 0.3) is 0 Å². The largest absolute Gasteiger partial charge is 0.378 e. The molecular formula is C11H18N4O2. The smallest absolute Gasteiger partial charge is 0.241 e. The van der Waals surface area contributed by atoms with Crippen LogP contribution in [-0.4, -0.2) is 34.4 Å². The van der Waals surface area contributed by atoms with Gasteiger partial charge in [0, 0.05) is 19.9 Å². The Hall–Kier alpha value is -1.40. The maximum atomic E-state index is 11.8. The first-order valence-electron chi connectivity index (χ1n) is 5.82. The average Bonchev–Trinajstić information content (AvgIpc) is 2.90. The topological polar surface area (TPSA) is 82.2 Å². The van der Waals surface area contributed by atoms with Gasteiger partial charge in [-0.15, -0.1) is 0 Å². The molecule has 1 amide bonds. The number of rotatable bonds is 4. The monoisotopic (exact) mass is 238 g/mol. The first-order chi connectivity index (χ1) is 8.15. The van der Waals surface area contributed by atoms with E-state index in [-0.39, 0.29) is 12.0 Å². The van der Waals surface area contributed by atoms with Crippen molar-refractivity contribution in [1.82, 2.24) is 9.78 Å². The van der Waals surface area contributed by atoms with Gasteiger partial charge in [0.2, 0.25) is 5.91 Å². The van der Waals surface area contributed by atoms with E-state index >= 15 is 0 Å². The molecule has 0 radical (unpaired) electrons. The van der Waals surface area contributed by atoms with Gasteiger partial charge >= 0.3 is 0 Å². The van der Waals surface area contributed by atoms with Crippen LogP contribution in [0.5, 0.6) is 0 Å². The van der Waals surface area contributed by atoms with Gasteiger partial charge in [-0.25, -0.2) is 0 Å². The number of aryl methyl sites for hydroxylation is 1. The number of hydrogen-bond acceptors (Lipinski definition) is 4. The zero-order chi connectivity index (χ0) is 12.3. The van der Waals surface area contributed by atoms with Gasteiger partial charge in [-0.1, -0.05) is 0 Å². The molecule has 0 saturated carbocycles. The molecule has 94 valence electrons. The number of carbonyl (C=O) groups is 1. The predicted octanol–water partition coefficient (Wildman–Crippen LogP) is 0.255. The van der Waals surface area contributed by atoms with Gasteiger partial charge in [-0.3, -0.25) is 9.48 Å². The third kappa shape index (κ3) is 3.28. The third-order valence-electron chi connectivity index (χ3n) is 2.85. The van der Waals surface area contributed by atoms with Crippen LogP contribution in [-0.2, 0) is 16.6 Å². The second-order valence-corrected chi connectivity index (χ2v) is 4.37. The quantitative estimate of drug-likeness (QED) is 0.788. The Balaban J connectivity index is 1.82. The Morgan fingerprint density at radius 2 is 2.65 bits per heavy atom. The standard InChI is InChI=1S/C11H18N4O2/c1-15-7-8(6-13-15)14-11(16)10(12)5-9-3-2-4-17-9/h6-7,9-10H,2-5,12H2,1H3,(H,14,16)/t9?,10-/m0/s1. The van der Waals surface area contributed by atoms with Crippen LogP contribution in [0.2, 0.25) is 0 Å². The molecule has 0 spiro atoms. The molecule has 2 heterocycles. The van der Waals surface area contributed by atoms with Crippen LogP contribution in [0.3, 0.4) is 0 Å². The van der Waals surface area contributed by atoms with Crippen molar-refractivity contribution < 1.29 is 9.53 Å². The lowest BCUT2D eigenvalue weighted by molar-refractivity contribution is -0.118. The molecule has 1 aromatic heterocycles. The van der Waals surface area contributed by atoms with Crippen molar-refractivity contribution in [2.45, 2.75) is 31.4 Å². The van der Waals surface area contributed by atoms with Crippen molar-refractivity contribution in [3.63, 3.8) is 0 Å². The molecule has 1 aliphatic rings. The van der Waals surface area contributed by atoms with E-state index in [9.17, 15) is 4.79 Å². The summed E-state index contributed by atoms with van der Waals surface area (Å²) in [5.74, 6) is -0.187. The summed E-state index contributed by atoms with van der Waals surface area (Å²) in [5.41, 5.74) is 6.50. The van der Waals surface area contributed by atoms with E-state index in [4.69, 9.17) is 10.5 Å². The minimum absolute atomic E-state index is 0.129. The first-order valence-corrected chi connectivity index (χ1v) is 5.82. The Morgan fingerprint density at radius 3 is 3.24 bits per heavy atom. The van der Waals surface area contributed by atoms with Crippen LogP contribution in [0.15, 0.2) is 12.4 Å². The molecule has 1 fully saturated rings. The zero-order valence-corrected chi connectivity index (χ0v) is 9.93. The van der Waals surface area contributed by atoms with E-state index in [2.05, 4.69) is 10.4 Å². The van der Waals surface area contributed by atoms with E-state index in [1.54, 1.807) is 24.1 Å². The summed E-state index contributed by atoms with van der Waals surface area (Å²) in [6.45, 7) is 0.779. The van der Waals surface area contributed by atoms with Crippen LogP contribution >= 0.6 is 0 Å². The molecule has 1 saturated heterocycles. The highest BCUT2D eigenvalue weighted by Crippen LogP contribution is 2.17. The number of nitrogens with one attached hydrogen (secondary N) is 1. The first kappa shape index (κ1) is 12.1. The number of aromatic nitrogens is 2. The molecule has 2 atom stereocenters. The molecule has 0 bridgehead atoms. The van der Waals surface area contributed by atoms with Crippen LogP contribution in [0, 0.1) is 0 Å². The van der Waals surface area contributed by atoms with Crippen molar-refractivity contribution in [2.75, 3.05) is 11.9 Å². The fraction of sp³-hybridized carbons (Fsp3) is 0.636. The molecule has 6 heteroatoms. The number of hydrogen-bond donors (Lipinski definition) is 2. The van der Waals surface area contributed by atoms with Gasteiger partial charge in [0.15, 0.2) is 0 Å². The zero-order valence-electron chi connectivity index (χ0n) is 9.93. The molecule has 2 rings (SSSR count). The molecule has 1 aromatic rings. The van der Waals surface area contributed by atoms with Crippen molar-refractivity contribution in [1.29, 1.82) is 0 Å². The van der Waals surface area contributed by atoms with Crippen LogP contribution in [0.1, 0.15) is 19.3 Å². The van der Waals surface area contributed by atoms with Crippen molar-refractivity contribution in [2.24, 2.45) is 12.8 Å². The number of carbonyl (C=O) groups excluding carboxylic acids is 1. The molecule has 0 aliphatic carbocycles. The molecule has 0 aromatic carbocycles. The summed E-state index contributed by atoms with van der Waals surface area (Å²) in [7, 11) is 1.79. The van der Waals surface area contributed by atoms with E-state index < -0.39 is 6.04 Å². The second kappa shape index (κ2) is 5.29. The minimum atomic E-state index is -0.529. The lowest BCUT2D eigenvalue weighted by atomic mass is 10.1. The summed E-state index contributed by atoms with van der Waals surface area (Å²) in [6.07, 6.45) is 6.08. The minimum Gasteiger partial charge on any atom is -0.378 e. The summed E-state index contributed by atoms with van der Waals surface area (Å²) in [6, 6.07) is -0.529. The van der Waals surface area contributed by atoms with E-state index in [1.165, 1.54) is 0 Å². The van der Waals surface area contributed by atoms with Gasteiger partial charge in [-0.2, -0.15) is 5.10 Å². The maximum absolute atomic E-state index is 11.8. The normalized spacial score (nSPS) is 21.4. The molecule has 3 N–H and O–H groups in total. The third-order valence-corrected chi connectivity index (χ3v) is 2.85. The Bertz CT molecular complexity index is 385. The number of ether oxygens (including phenoxy) is 1. The van der Waals surface area contributed by atoms with E-state index in [0.717, 1.165) is 19.4 Å². The lowest BCUT2D eigenvalue weighted by Gasteiger charge is -2.15. The van der Waals surface area contributed by atoms with Gasteiger partial charge < -0.3 is 15.8 Å². The number of nitrogens with two attached hydrogens (primary N) is 1. The molecule has 1 unspecified atom stereocenters. The summed E-state index contributed by atoms with van der Waals surface area (Å²) < 4.78 is 7.08. The molecular weight excluding hydrogens is 220 g/mol. The van der Waals surface area contributed by atoms with Crippen LogP contribution < -0.4 is 11.1 Å². The Morgan fingerprint density at radius 1 is 1.82 bits per heavy atom. The van der Waals surface area contributed by atoms with Gasteiger partial charge in [0.25, 0.3) is 0 Å². The SMILES string of the molecule is Cn1cc(NC(=O)[C@@H](N)CC2CCCO2)cn1. The molecule has 1 aliphatic heterocycles. The molecule has 6 nitrogen and oxygen atoms in total. The highest BCUT2D eigenvalue weighted by Gasteiger charge is 2.23. The predicted molar refractivity (Wildman–Crippen MR) is 63.4 cm³/mol. The van der Waals surface area contributed by atoms with Crippen molar-refractivity contribution >= 4 is 11.6 Å². The van der Waals surface area contributed by atoms with Gasteiger partial charge in [0.1, 0.15) is 0 Å². The maximum Gasteiger partial charge on any atom is 0.241 e. The number of amides is 1. The fourth-order valence-electron chi connectivity index (χ4n) is 1.94. The van der Waals surface area contributed by atoms with E-state index in [0.29, 0.717) is 12.1 Å². The average molecular weight is 238 g/mol. The fourth-order valence-corrected chi connectivity index (χ4v) is 1.94. The van der Waals surface area contributed by atoms with Crippen molar-refractivity contribution in [3.05, 3.63) is 12.4 Å². The van der Waals surface area contributed by atoms with Crippen molar-refractivity contribution in [3.8, 4) is 0 Å².